The molecule has 1 aliphatic rings. The van der Waals surface area contributed by atoms with Crippen molar-refractivity contribution in [3.05, 3.63) is 187 Å². The van der Waals surface area contributed by atoms with Gasteiger partial charge in [-0.25, -0.2) is 9.97 Å². The van der Waals surface area contributed by atoms with Gasteiger partial charge in [-0.05, 0) is 100 Å². The second-order valence-corrected chi connectivity index (χ2v) is 17.6. The van der Waals surface area contributed by atoms with Crippen molar-refractivity contribution in [2.75, 3.05) is 0 Å². The molecule has 0 N–H and O–H groups in total. The number of thiophene rings is 1. The average molecular weight is 786 g/mol. The van der Waals surface area contributed by atoms with E-state index in [4.69, 9.17) is 14.4 Å². The average Bonchev–Trinajstić information content (AvgIpc) is 4.02. The van der Waals surface area contributed by atoms with Crippen LogP contribution >= 0.6 is 11.3 Å². The van der Waals surface area contributed by atoms with Crippen LogP contribution in [0.15, 0.2) is 180 Å². The molecule has 0 saturated heterocycles. The second-order valence-electron chi connectivity index (χ2n) is 16.5. The SMILES string of the molecule is CC1(C)c2ccccc2-c2cc3c4cc(-c5ccc6sc7cccc(-c8nc(-c9ccccc9)c9oc%10ccccc%10c9n8)c7c6c5)ccc4n(-c4ccccc4)c3cc21. The summed E-state index contributed by atoms with van der Waals surface area (Å²) >= 11 is 1.82. The van der Waals surface area contributed by atoms with Gasteiger partial charge in [0.05, 0.1) is 11.0 Å². The molecule has 5 heteroatoms. The van der Waals surface area contributed by atoms with E-state index >= 15 is 0 Å². The van der Waals surface area contributed by atoms with Crippen LogP contribution < -0.4 is 0 Å². The molecule has 4 nitrogen and oxygen atoms in total. The zero-order chi connectivity index (χ0) is 39.7. The fourth-order valence-corrected chi connectivity index (χ4v) is 11.1. The van der Waals surface area contributed by atoms with Crippen molar-refractivity contribution in [3.8, 4) is 50.6 Å². The van der Waals surface area contributed by atoms with E-state index in [9.17, 15) is 0 Å². The number of benzene rings is 8. The Hall–Kier alpha value is -7.34. The molecule has 0 amide bonds. The number of hydrogen-bond donors (Lipinski definition) is 0. The van der Waals surface area contributed by atoms with Crippen molar-refractivity contribution in [1.82, 2.24) is 14.5 Å². The Morgan fingerprint density at radius 2 is 1.22 bits per heavy atom. The van der Waals surface area contributed by atoms with Gasteiger partial charge in [0.25, 0.3) is 0 Å². The smallest absolute Gasteiger partial charge is 0.180 e. The van der Waals surface area contributed by atoms with Gasteiger partial charge in [-0.1, -0.05) is 123 Å². The first-order valence-electron chi connectivity index (χ1n) is 20.5. The first-order valence-corrected chi connectivity index (χ1v) is 21.3. The highest BCUT2D eigenvalue weighted by Crippen LogP contribution is 2.51. The number of para-hydroxylation sites is 2. The molecular formula is C55H35N3OS. The summed E-state index contributed by atoms with van der Waals surface area (Å²) in [5, 5.41) is 5.87. The molecule has 4 aromatic heterocycles. The van der Waals surface area contributed by atoms with Gasteiger partial charge >= 0.3 is 0 Å². The van der Waals surface area contributed by atoms with E-state index in [1.54, 1.807) is 0 Å². The van der Waals surface area contributed by atoms with Crippen LogP contribution in [0.3, 0.4) is 0 Å². The first kappa shape index (κ1) is 33.6. The third-order valence-electron chi connectivity index (χ3n) is 12.8. The summed E-state index contributed by atoms with van der Waals surface area (Å²) < 4.78 is 11.3. The van der Waals surface area contributed by atoms with Crippen LogP contribution in [0, 0.1) is 0 Å². The molecule has 0 atom stereocenters. The molecule has 60 heavy (non-hydrogen) atoms. The van der Waals surface area contributed by atoms with Gasteiger partial charge in [-0.15, -0.1) is 11.3 Å². The molecule has 1 aliphatic carbocycles. The van der Waals surface area contributed by atoms with Crippen LogP contribution in [0.2, 0.25) is 0 Å². The number of fused-ring (bicyclic) bond motifs is 12. The van der Waals surface area contributed by atoms with Gasteiger partial charge in [0.2, 0.25) is 0 Å². The monoisotopic (exact) mass is 785 g/mol. The molecule has 4 heterocycles. The third-order valence-corrected chi connectivity index (χ3v) is 14.0. The number of rotatable bonds is 4. The number of aromatic nitrogens is 3. The highest BCUT2D eigenvalue weighted by atomic mass is 32.1. The normalized spacial score (nSPS) is 13.3. The van der Waals surface area contributed by atoms with Crippen LogP contribution in [0.5, 0.6) is 0 Å². The van der Waals surface area contributed by atoms with E-state index in [0.717, 1.165) is 39.0 Å². The standard InChI is InChI=1S/C55H35N3OS/c1-55(2)43-21-11-9-18-36(43)39-30-41-40-28-33(24-26-45(40)58(46(41)31-44(39)55)35-16-7-4-8-17-35)34-25-27-48-42(29-34)50-38(20-13-23-49(50)60-48)54-56-51(32-14-5-3-6-15-32)53-52(57-54)37-19-10-12-22-47(37)59-53/h3-31H,1-2H3. The molecular weight excluding hydrogens is 751 g/mol. The van der Waals surface area contributed by atoms with Crippen molar-refractivity contribution < 1.29 is 4.42 Å². The molecule has 0 spiro atoms. The summed E-state index contributed by atoms with van der Waals surface area (Å²) in [5.41, 5.74) is 16.4. The summed E-state index contributed by atoms with van der Waals surface area (Å²) in [7, 11) is 0. The van der Waals surface area contributed by atoms with E-state index in [1.165, 1.54) is 75.4 Å². The van der Waals surface area contributed by atoms with Crippen molar-refractivity contribution in [2.24, 2.45) is 0 Å². The first-order chi connectivity index (χ1) is 29.5. The number of hydrogen-bond acceptors (Lipinski definition) is 4. The van der Waals surface area contributed by atoms with Crippen molar-refractivity contribution in [1.29, 1.82) is 0 Å². The van der Waals surface area contributed by atoms with Gasteiger partial charge in [0, 0.05) is 58.6 Å². The molecule has 0 fully saturated rings. The zero-order valence-electron chi connectivity index (χ0n) is 32.9. The lowest BCUT2D eigenvalue weighted by molar-refractivity contribution is 0.661. The van der Waals surface area contributed by atoms with E-state index < -0.39 is 0 Å². The minimum Gasteiger partial charge on any atom is -0.452 e. The molecule has 0 radical (unpaired) electrons. The van der Waals surface area contributed by atoms with E-state index in [0.29, 0.717) is 11.4 Å². The maximum Gasteiger partial charge on any atom is 0.180 e. The lowest BCUT2D eigenvalue weighted by Crippen LogP contribution is -2.14. The van der Waals surface area contributed by atoms with Gasteiger partial charge < -0.3 is 8.98 Å². The predicted octanol–water partition coefficient (Wildman–Crippen LogP) is 15.1. The molecule has 8 aromatic carbocycles. The summed E-state index contributed by atoms with van der Waals surface area (Å²) in [6.45, 7) is 4.72. The molecule has 0 aliphatic heterocycles. The minimum atomic E-state index is -0.0902. The Morgan fingerprint density at radius 1 is 0.500 bits per heavy atom. The zero-order valence-corrected chi connectivity index (χ0v) is 33.7. The number of furan rings is 1. The lowest BCUT2D eigenvalue weighted by atomic mass is 9.82. The fourth-order valence-electron chi connectivity index (χ4n) is 9.94. The Morgan fingerprint density at radius 3 is 2.08 bits per heavy atom. The Bertz CT molecular complexity index is 3740. The molecule has 0 saturated carbocycles. The highest BCUT2D eigenvalue weighted by Gasteiger charge is 2.36. The molecule has 13 rings (SSSR count). The summed E-state index contributed by atoms with van der Waals surface area (Å²) in [6.07, 6.45) is 0. The Kier molecular flexibility index (Phi) is 6.91. The summed E-state index contributed by atoms with van der Waals surface area (Å²) in [6, 6.07) is 63.5. The maximum absolute atomic E-state index is 6.44. The highest BCUT2D eigenvalue weighted by molar-refractivity contribution is 7.26. The topological polar surface area (TPSA) is 43.9 Å². The molecule has 0 bridgehead atoms. The summed E-state index contributed by atoms with van der Waals surface area (Å²) in [5.74, 6) is 0.691. The fraction of sp³-hybridized carbons (Fsp3) is 0.0545. The minimum absolute atomic E-state index is 0.0902. The predicted molar refractivity (Wildman–Crippen MR) is 250 cm³/mol. The quantitative estimate of drug-likeness (QED) is 0.178. The van der Waals surface area contributed by atoms with Crippen LogP contribution in [0.1, 0.15) is 25.0 Å². The van der Waals surface area contributed by atoms with E-state index in [2.05, 4.69) is 158 Å². The van der Waals surface area contributed by atoms with Crippen LogP contribution in [-0.2, 0) is 5.41 Å². The second kappa shape index (κ2) is 12.3. The van der Waals surface area contributed by atoms with Gasteiger partial charge in [-0.2, -0.15) is 0 Å². The van der Waals surface area contributed by atoms with Crippen molar-refractivity contribution in [3.63, 3.8) is 0 Å². The van der Waals surface area contributed by atoms with Crippen LogP contribution in [-0.4, -0.2) is 14.5 Å². The van der Waals surface area contributed by atoms with E-state index in [1.807, 2.05) is 47.7 Å². The van der Waals surface area contributed by atoms with E-state index in [-0.39, 0.29) is 5.41 Å². The van der Waals surface area contributed by atoms with Gasteiger partial charge in [-0.3, -0.25) is 0 Å². The largest absolute Gasteiger partial charge is 0.452 e. The van der Waals surface area contributed by atoms with Crippen molar-refractivity contribution in [2.45, 2.75) is 19.3 Å². The molecule has 12 aromatic rings. The lowest BCUT2D eigenvalue weighted by Gasteiger charge is -2.21. The molecule has 282 valence electrons. The summed E-state index contributed by atoms with van der Waals surface area (Å²) in [4.78, 5) is 10.6. The Balaban J connectivity index is 1.03. The van der Waals surface area contributed by atoms with Crippen molar-refractivity contribution >= 4 is 75.4 Å². The van der Waals surface area contributed by atoms with Crippen LogP contribution in [0.25, 0.3) is 115 Å². The van der Waals surface area contributed by atoms with Gasteiger partial charge in [0.15, 0.2) is 11.4 Å². The third kappa shape index (κ3) is 4.72. The van der Waals surface area contributed by atoms with Crippen LogP contribution in [0.4, 0.5) is 0 Å². The Labute approximate surface area is 349 Å². The number of nitrogens with zero attached hydrogens (tertiary/aromatic N) is 3. The molecule has 0 unspecified atom stereocenters. The maximum atomic E-state index is 6.44. The van der Waals surface area contributed by atoms with Gasteiger partial charge in [0.1, 0.15) is 16.8 Å².